The zero-order valence-corrected chi connectivity index (χ0v) is 19.9. The molecular weight excluding hydrogens is 510 g/mol. The largest absolute Gasteiger partial charge is 0.507 e. The van der Waals surface area contributed by atoms with E-state index >= 15 is 0 Å². The number of phenols is 2. The molecule has 3 N–H and O–H groups in total. The number of amides is 1. The van der Waals surface area contributed by atoms with Gasteiger partial charge in [0.25, 0.3) is 5.91 Å². The number of phenolic OH excluding ortho intramolecular Hbond substituents is 2. The van der Waals surface area contributed by atoms with Gasteiger partial charge in [0.1, 0.15) is 16.4 Å². The first kappa shape index (κ1) is 23.8. The molecule has 2 atom stereocenters. The zero-order valence-electron chi connectivity index (χ0n) is 16.8. The van der Waals surface area contributed by atoms with Gasteiger partial charge in [-0.2, -0.15) is 0 Å². The third-order valence-electron chi connectivity index (χ3n) is 5.38. The standard InChI is InChI=1S/C21H23BrClNO6S/c1-30-16-4-2-12(6-16)10-24-21(27)17-9-15(23)7-13(20(17)26)11-31(28,29)19-8-14(22)3-5-18(19)25/h3,5,7-9,12,16,25-26H,2,4,6,10-11H2,1H3,(H,24,27). The van der Waals surface area contributed by atoms with E-state index in [1.807, 2.05) is 0 Å². The summed E-state index contributed by atoms with van der Waals surface area (Å²) < 4.78 is 31.5. The van der Waals surface area contributed by atoms with E-state index in [1.54, 1.807) is 7.11 Å². The minimum absolute atomic E-state index is 0.0302. The predicted molar refractivity (Wildman–Crippen MR) is 120 cm³/mol. The molecule has 1 amide bonds. The maximum Gasteiger partial charge on any atom is 0.255 e. The fourth-order valence-corrected chi connectivity index (χ4v) is 5.95. The monoisotopic (exact) mass is 531 g/mol. The second-order valence-corrected chi connectivity index (χ2v) is 10.9. The molecule has 7 nitrogen and oxygen atoms in total. The average molecular weight is 533 g/mol. The van der Waals surface area contributed by atoms with Crippen molar-refractivity contribution in [2.45, 2.75) is 36.0 Å². The summed E-state index contributed by atoms with van der Waals surface area (Å²) in [4.78, 5) is 12.4. The highest BCUT2D eigenvalue weighted by molar-refractivity contribution is 9.10. The number of benzene rings is 2. The molecule has 2 aromatic rings. The summed E-state index contributed by atoms with van der Waals surface area (Å²) in [5.74, 6) is -1.77. The van der Waals surface area contributed by atoms with Crippen molar-refractivity contribution in [1.82, 2.24) is 5.32 Å². The number of hydrogen-bond acceptors (Lipinski definition) is 6. The van der Waals surface area contributed by atoms with Gasteiger partial charge >= 0.3 is 0 Å². The summed E-state index contributed by atoms with van der Waals surface area (Å²) >= 11 is 9.28. The second kappa shape index (κ2) is 9.77. The van der Waals surface area contributed by atoms with E-state index in [0.29, 0.717) is 11.0 Å². The lowest BCUT2D eigenvalue weighted by atomic mass is 10.1. The van der Waals surface area contributed by atoms with Crippen LogP contribution in [0.25, 0.3) is 0 Å². The van der Waals surface area contributed by atoms with Crippen molar-refractivity contribution in [2.24, 2.45) is 5.92 Å². The van der Waals surface area contributed by atoms with Crippen LogP contribution in [0, 0.1) is 5.92 Å². The maximum atomic E-state index is 12.8. The number of methoxy groups -OCH3 is 1. The van der Waals surface area contributed by atoms with Crippen molar-refractivity contribution >= 4 is 43.3 Å². The van der Waals surface area contributed by atoms with Gasteiger partial charge in [-0.05, 0) is 55.5 Å². The number of carbonyl (C=O) groups excluding carboxylic acids is 1. The van der Waals surface area contributed by atoms with Crippen LogP contribution >= 0.6 is 27.5 Å². The first-order chi connectivity index (χ1) is 14.6. The van der Waals surface area contributed by atoms with E-state index in [9.17, 15) is 23.4 Å². The van der Waals surface area contributed by atoms with Crippen molar-refractivity contribution < 1.29 is 28.2 Å². The lowest BCUT2D eigenvalue weighted by Crippen LogP contribution is -2.29. The first-order valence-electron chi connectivity index (χ1n) is 9.64. The molecule has 168 valence electrons. The molecule has 1 saturated carbocycles. The van der Waals surface area contributed by atoms with Crippen LogP contribution in [0.3, 0.4) is 0 Å². The molecule has 0 spiro atoms. The third-order valence-corrected chi connectivity index (χ3v) is 7.78. The minimum atomic E-state index is -4.03. The van der Waals surface area contributed by atoms with Crippen LogP contribution in [0.1, 0.15) is 35.2 Å². The molecule has 3 rings (SSSR count). The molecule has 31 heavy (non-hydrogen) atoms. The highest BCUT2D eigenvalue weighted by Crippen LogP contribution is 2.34. The van der Waals surface area contributed by atoms with Gasteiger partial charge in [-0.25, -0.2) is 8.42 Å². The van der Waals surface area contributed by atoms with Crippen molar-refractivity contribution in [1.29, 1.82) is 0 Å². The van der Waals surface area contributed by atoms with Crippen molar-refractivity contribution in [2.75, 3.05) is 13.7 Å². The first-order valence-corrected chi connectivity index (χ1v) is 12.5. The summed E-state index contributed by atoms with van der Waals surface area (Å²) in [6.45, 7) is 0.421. The van der Waals surface area contributed by atoms with Gasteiger partial charge in [-0.1, -0.05) is 27.5 Å². The van der Waals surface area contributed by atoms with Crippen LogP contribution in [0.4, 0.5) is 0 Å². The molecule has 10 heteroatoms. The number of hydrogen-bond donors (Lipinski definition) is 3. The van der Waals surface area contributed by atoms with E-state index in [-0.39, 0.29) is 33.1 Å². The predicted octanol–water partition coefficient (Wildman–Crippen LogP) is 4.03. The Morgan fingerprint density at radius 2 is 2.00 bits per heavy atom. The van der Waals surface area contributed by atoms with Gasteiger partial charge in [0, 0.05) is 28.7 Å². The van der Waals surface area contributed by atoms with Crippen LogP contribution in [-0.4, -0.2) is 44.3 Å². The lowest BCUT2D eigenvalue weighted by molar-refractivity contribution is 0.0931. The fourth-order valence-electron chi connectivity index (χ4n) is 3.72. The second-order valence-electron chi connectivity index (χ2n) is 7.58. The van der Waals surface area contributed by atoms with Crippen LogP contribution in [-0.2, 0) is 20.3 Å². The summed E-state index contributed by atoms with van der Waals surface area (Å²) in [6, 6.07) is 6.62. The number of carbonyl (C=O) groups is 1. The molecule has 2 unspecified atom stereocenters. The molecule has 0 aromatic heterocycles. The highest BCUT2D eigenvalue weighted by atomic mass is 79.9. The molecule has 0 aliphatic heterocycles. The molecule has 2 aromatic carbocycles. The normalized spacial score (nSPS) is 18.8. The maximum absolute atomic E-state index is 12.8. The summed E-state index contributed by atoms with van der Waals surface area (Å²) in [5.41, 5.74) is -0.130. The Morgan fingerprint density at radius 1 is 1.26 bits per heavy atom. The van der Waals surface area contributed by atoms with Crippen LogP contribution in [0.5, 0.6) is 11.5 Å². The van der Waals surface area contributed by atoms with Gasteiger partial charge in [-0.15, -0.1) is 0 Å². The zero-order chi connectivity index (χ0) is 22.8. The Kier molecular flexibility index (Phi) is 7.51. The van der Waals surface area contributed by atoms with E-state index < -0.39 is 33.0 Å². The molecular formula is C21H23BrClNO6S. The number of aromatic hydroxyl groups is 2. The number of ether oxygens (including phenoxy) is 1. The average Bonchev–Trinajstić information content (AvgIpc) is 3.18. The quantitative estimate of drug-likeness (QED) is 0.496. The van der Waals surface area contributed by atoms with Crippen LogP contribution in [0.15, 0.2) is 39.7 Å². The molecule has 1 aliphatic rings. The van der Waals surface area contributed by atoms with Crippen molar-refractivity contribution in [3.8, 4) is 11.5 Å². The topological polar surface area (TPSA) is 113 Å². The fraction of sp³-hybridized carbons (Fsp3) is 0.381. The van der Waals surface area contributed by atoms with Crippen molar-refractivity contribution in [3.63, 3.8) is 0 Å². The SMILES string of the molecule is COC1CCC(CNC(=O)c2cc(Cl)cc(CS(=O)(=O)c3cc(Br)ccc3O)c2O)C1. The van der Waals surface area contributed by atoms with Crippen molar-refractivity contribution in [3.05, 3.63) is 51.0 Å². The van der Waals surface area contributed by atoms with Gasteiger partial charge in [0.15, 0.2) is 9.84 Å². The summed E-state index contributed by atoms with van der Waals surface area (Å²) in [5, 5.41) is 23.5. The molecule has 0 saturated heterocycles. The number of rotatable bonds is 7. The Morgan fingerprint density at radius 3 is 2.68 bits per heavy atom. The highest BCUT2D eigenvalue weighted by Gasteiger charge is 2.27. The molecule has 1 aliphatic carbocycles. The number of halogens is 2. The van der Waals surface area contributed by atoms with Crippen LogP contribution in [0.2, 0.25) is 5.02 Å². The van der Waals surface area contributed by atoms with Crippen LogP contribution < -0.4 is 5.32 Å². The Bertz CT molecular complexity index is 1090. The summed E-state index contributed by atoms with van der Waals surface area (Å²) in [6.07, 6.45) is 2.90. The number of nitrogens with one attached hydrogen (secondary N) is 1. The molecule has 0 bridgehead atoms. The Balaban J connectivity index is 1.80. The van der Waals surface area contributed by atoms with Gasteiger partial charge in [-0.3, -0.25) is 4.79 Å². The Labute approximate surface area is 194 Å². The molecule has 0 radical (unpaired) electrons. The summed E-state index contributed by atoms with van der Waals surface area (Å²) in [7, 11) is -2.36. The smallest absolute Gasteiger partial charge is 0.255 e. The van der Waals surface area contributed by atoms with Gasteiger partial charge < -0.3 is 20.3 Å². The lowest BCUT2D eigenvalue weighted by Gasteiger charge is -2.14. The number of sulfone groups is 1. The van der Waals surface area contributed by atoms with E-state index in [0.717, 1.165) is 19.3 Å². The van der Waals surface area contributed by atoms with E-state index in [4.69, 9.17) is 16.3 Å². The molecule has 1 fully saturated rings. The third kappa shape index (κ3) is 5.71. The van der Waals surface area contributed by atoms with Gasteiger partial charge in [0.05, 0.1) is 17.4 Å². The molecule has 0 heterocycles. The minimum Gasteiger partial charge on any atom is -0.507 e. The van der Waals surface area contributed by atoms with Gasteiger partial charge in [0.2, 0.25) is 0 Å². The van der Waals surface area contributed by atoms with E-state index in [2.05, 4.69) is 21.2 Å². The Hall–Kier alpha value is -1.81. The van der Waals surface area contributed by atoms with E-state index in [1.165, 1.54) is 30.3 Å².